The van der Waals surface area contributed by atoms with Gasteiger partial charge in [0.15, 0.2) is 0 Å². The Morgan fingerprint density at radius 1 is 1.22 bits per heavy atom. The van der Waals surface area contributed by atoms with Crippen LogP contribution in [-0.4, -0.2) is 24.0 Å². The molecule has 142 valence electrons. The van der Waals surface area contributed by atoms with Crippen molar-refractivity contribution in [3.63, 3.8) is 0 Å². The Morgan fingerprint density at radius 2 is 1.93 bits per heavy atom. The summed E-state index contributed by atoms with van der Waals surface area (Å²) >= 11 is 0. The lowest BCUT2D eigenvalue weighted by molar-refractivity contribution is -0.119. The summed E-state index contributed by atoms with van der Waals surface area (Å²) < 4.78 is 5.29. The Kier molecular flexibility index (Phi) is 5.22. The minimum absolute atomic E-state index is 0.000130. The van der Waals surface area contributed by atoms with E-state index in [2.05, 4.69) is 61.4 Å². The number of pyridine rings is 1. The number of hydrogen-bond donors (Lipinski definition) is 2. The number of carbonyl (C=O) groups excluding carboxylic acids is 1. The first-order valence-corrected chi connectivity index (χ1v) is 9.21. The summed E-state index contributed by atoms with van der Waals surface area (Å²) in [4.78, 5) is 16.2. The summed E-state index contributed by atoms with van der Waals surface area (Å²) in [5.41, 5.74) is 10.5. The van der Waals surface area contributed by atoms with E-state index in [-0.39, 0.29) is 17.4 Å². The molecule has 1 aromatic carbocycles. The number of hydrogen-bond acceptors (Lipinski definition) is 4. The molecule has 1 atom stereocenters. The summed E-state index contributed by atoms with van der Waals surface area (Å²) in [5, 5.41) is 3.00. The molecule has 2 aromatic rings. The van der Waals surface area contributed by atoms with Crippen molar-refractivity contribution in [1.82, 2.24) is 10.3 Å². The standard InChI is InChI=1S/C22H27N3O2/c1-22(2,3)15-7-5-14(6-8-15)17(13-16-9-12-20(26)24-16)19-11-10-18(23)21(25-19)27-4/h5-8,10-11,13,16H,9,12,23H2,1-4H3,(H,24,26)/t16-/m1/s1. The minimum Gasteiger partial charge on any atom is -0.480 e. The first-order chi connectivity index (χ1) is 12.8. The number of benzene rings is 1. The van der Waals surface area contributed by atoms with Crippen LogP contribution >= 0.6 is 0 Å². The van der Waals surface area contributed by atoms with E-state index in [1.807, 2.05) is 6.07 Å². The first-order valence-electron chi connectivity index (χ1n) is 9.21. The highest BCUT2D eigenvalue weighted by Crippen LogP contribution is 2.30. The lowest BCUT2D eigenvalue weighted by atomic mass is 9.86. The van der Waals surface area contributed by atoms with Crippen molar-refractivity contribution in [2.75, 3.05) is 12.8 Å². The average molecular weight is 365 g/mol. The van der Waals surface area contributed by atoms with Gasteiger partial charge in [-0.15, -0.1) is 0 Å². The Labute approximate surface area is 160 Å². The van der Waals surface area contributed by atoms with Crippen molar-refractivity contribution < 1.29 is 9.53 Å². The van der Waals surface area contributed by atoms with E-state index >= 15 is 0 Å². The van der Waals surface area contributed by atoms with Crippen molar-refractivity contribution in [2.24, 2.45) is 0 Å². The maximum atomic E-state index is 11.6. The smallest absolute Gasteiger partial charge is 0.237 e. The molecule has 0 aliphatic carbocycles. The van der Waals surface area contributed by atoms with Gasteiger partial charge >= 0.3 is 0 Å². The van der Waals surface area contributed by atoms with Crippen LogP contribution in [0.15, 0.2) is 42.5 Å². The van der Waals surface area contributed by atoms with Crippen LogP contribution < -0.4 is 15.8 Å². The molecule has 0 unspecified atom stereocenters. The van der Waals surface area contributed by atoms with E-state index in [1.54, 1.807) is 13.2 Å². The average Bonchev–Trinajstić information content (AvgIpc) is 3.05. The van der Waals surface area contributed by atoms with Crippen molar-refractivity contribution in [2.45, 2.75) is 45.1 Å². The Bertz CT molecular complexity index is 864. The van der Waals surface area contributed by atoms with Crippen LogP contribution in [0.25, 0.3) is 5.57 Å². The monoisotopic (exact) mass is 365 g/mol. The topological polar surface area (TPSA) is 77.2 Å². The van der Waals surface area contributed by atoms with Gasteiger partial charge in [-0.3, -0.25) is 4.79 Å². The van der Waals surface area contributed by atoms with E-state index in [0.717, 1.165) is 23.3 Å². The number of nitrogens with one attached hydrogen (secondary N) is 1. The fourth-order valence-electron chi connectivity index (χ4n) is 3.21. The maximum absolute atomic E-state index is 11.6. The summed E-state index contributed by atoms with van der Waals surface area (Å²) in [6, 6.07) is 12.2. The van der Waals surface area contributed by atoms with Crippen molar-refractivity contribution >= 4 is 17.2 Å². The number of amides is 1. The number of anilines is 1. The number of nitrogens with zero attached hydrogens (tertiary/aromatic N) is 1. The van der Waals surface area contributed by atoms with Crippen molar-refractivity contribution in [3.05, 3.63) is 59.3 Å². The largest absolute Gasteiger partial charge is 0.480 e. The highest BCUT2D eigenvalue weighted by Gasteiger charge is 2.21. The second kappa shape index (κ2) is 7.43. The molecule has 0 bridgehead atoms. The van der Waals surface area contributed by atoms with Gasteiger partial charge < -0.3 is 15.8 Å². The predicted octanol–water partition coefficient (Wildman–Crippen LogP) is 3.68. The number of carbonyl (C=O) groups is 1. The SMILES string of the molecule is COc1nc(C(=C[C@H]2CCC(=O)N2)c2ccc(C(C)(C)C)cc2)ccc1N. The molecule has 3 N–H and O–H groups in total. The van der Waals surface area contributed by atoms with Gasteiger partial charge in [0.25, 0.3) is 0 Å². The molecular formula is C22H27N3O2. The Hall–Kier alpha value is -2.82. The van der Waals surface area contributed by atoms with E-state index in [9.17, 15) is 4.79 Å². The van der Waals surface area contributed by atoms with Gasteiger partial charge in [-0.05, 0) is 35.1 Å². The highest BCUT2D eigenvalue weighted by molar-refractivity contribution is 5.82. The van der Waals surface area contributed by atoms with Gasteiger partial charge in [0.2, 0.25) is 11.8 Å². The van der Waals surface area contributed by atoms with Crippen LogP contribution in [0.1, 0.15) is 50.4 Å². The summed E-state index contributed by atoms with van der Waals surface area (Å²) in [6.07, 6.45) is 3.42. The number of ether oxygens (including phenoxy) is 1. The molecule has 5 heteroatoms. The zero-order chi connectivity index (χ0) is 19.6. The lowest BCUT2D eigenvalue weighted by Crippen LogP contribution is -2.23. The second-order valence-corrected chi connectivity index (χ2v) is 7.92. The third-order valence-corrected chi connectivity index (χ3v) is 4.82. The number of methoxy groups -OCH3 is 1. The highest BCUT2D eigenvalue weighted by atomic mass is 16.5. The Morgan fingerprint density at radius 3 is 2.48 bits per heavy atom. The Balaban J connectivity index is 2.05. The predicted molar refractivity (Wildman–Crippen MR) is 109 cm³/mol. The maximum Gasteiger partial charge on any atom is 0.237 e. The zero-order valence-corrected chi connectivity index (χ0v) is 16.4. The van der Waals surface area contributed by atoms with Gasteiger partial charge in [-0.2, -0.15) is 0 Å². The number of rotatable bonds is 4. The normalized spacial score (nSPS) is 17.7. The molecule has 1 aromatic heterocycles. The van der Waals surface area contributed by atoms with Gasteiger partial charge in [0.1, 0.15) is 0 Å². The van der Waals surface area contributed by atoms with E-state index in [4.69, 9.17) is 10.5 Å². The summed E-state index contributed by atoms with van der Waals surface area (Å²) in [5.74, 6) is 0.488. The zero-order valence-electron chi connectivity index (χ0n) is 16.4. The molecule has 0 saturated carbocycles. The molecule has 1 aliphatic rings. The molecule has 3 rings (SSSR count). The molecule has 1 fully saturated rings. The van der Waals surface area contributed by atoms with Crippen LogP contribution in [0.3, 0.4) is 0 Å². The van der Waals surface area contributed by atoms with Crippen molar-refractivity contribution in [1.29, 1.82) is 0 Å². The molecule has 5 nitrogen and oxygen atoms in total. The van der Waals surface area contributed by atoms with E-state index < -0.39 is 0 Å². The second-order valence-electron chi connectivity index (χ2n) is 7.92. The molecule has 1 amide bonds. The van der Waals surface area contributed by atoms with Gasteiger partial charge in [-0.1, -0.05) is 51.1 Å². The first kappa shape index (κ1) is 19.0. The molecular weight excluding hydrogens is 338 g/mol. The number of nitrogens with two attached hydrogens (primary N) is 1. The minimum atomic E-state index is 0.000130. The fraction of sp³-hybridized carbons (Fsp3) is 0.364. The summed E-state index contributed by atoms with van der Waals surface area (Å²) in [6.45, 7) is 6.58. The molecule has 2 heterocycles. The van der Waals surface area contributed by atoms with Gasteiger partial charge in [0, 0.05) is 18.0 Å². The molecule has 1 aliphatic heterocycles. The molecule has 0 radical (unpaired) electrons. The van der Waals surface area contributed by atoms with Gasteiger partial charge in [-0.25, -0.2) is 4.98 Å². The third-order valence-electron chi connectivity index (χ3n) is 4.82. The van der Waals surface area contributed by atoms with E-state index in [1.165, 1.54) is 5.56 Å². The number of aromatic nitrogens is 1. The summed E-state index contributed by atoms with van der Waals surface area (Å²) in [7, 11) is 1.56. The van der Waals surface area contributed by atoms with Gasteiger partial charge in [0.05, 0.1) is 18.5 Å². The van der Waals surface area contributed by atoms with Crippen LogP contribution in [0, 0.1) is 0 Å². The van der Waals surface area contributed by atoms with Crippen molar-refractivity contribution in [3.8, 4) is 5.88 Å². The van der Waals surface area contributed by atoms with Crippen LogP contribution in [0.5, 0.6) is 5.88 Å². The third kappa shape index (κ3) is 4.30. The van der Waals surface area contributed by atoms with E-state index in [0.29, 0.717) is 18.0 Å². The molecule has 27 heavy (non-hydrogen) atoms. The van der Waals surface area contributed by atoms with Crippen LogP contribution in [0.2, 0.25) is 0 Å². The molecule has 1 saturated heterocycles. The number of nitrogen functional groups attached to an aromatic ring is 1. The fourth-order valence-corrected chi connectivity index (χ4v) is 3.21. The van der Waals surface area contributed by atoms with Crippen LogP contribution in [-0.2, 0) is 10.2 Å². The quantitative estimate of drug-likeness (QED) is 0.866. The van der Waals surface area contributed by atoms with Crippen LogP contribution in [0.4, 0.5) is 5.69 Å². The lowest BCUT2D eigenvalue weighted by Gasteiger charge is -2.20. The molecule has 0 spiro atoms.